The lowest BCUT2D eigenvalue weighted by Gasteiger charge is -2.12. The third kappa shape index (κ3) is 1.86. The highest BCUT2D eigenvalue weighted by atomic mass is 15.2. The topological polar surface area (TPSA) is 61.7 Å². The molecule has 80 valence electrons. The first kappa shape index (κ1) is 9.76. The summed E-state index contributed by atoms with van der Waals surface area (Å²) >= 11 is 0. The van der Waals surface area contributed by atoms with Crippen molar-refractivity contribution in [2.45, 2.75) is 26.4 Å². The van der Waals surface area contributed by atoms with Gasteiger partial charge in [0.2, 0.25) is 5.95 Å². The smallest absolute Gasteiger partial charge is 0.200 e. The van der Waals surface area contributed by atoms with Gasteiger partial charge in [0.1, 0.15) is 5.82 Å². The molecule has 0 aromatic carbocycles. The Bertz CT molecular complexity index is 440. The second kappa shape index (κ2) is 3.76. The molecule has 0 aliphatic heterocycles. The van der Waals surface area contributed by atoms with Crippen LogP contribution in [0.15, 0.2) is 24.8 Å². The first-order valence-electron chi connectivity index (χ1n) is 4.97. The maximum Gasteiger partial charge on any atom is 0.200 e. The van der Waals surface area contributed by atoms with Crippen molar-refractivity contribution in [1.29, 1.82) is 0 Å². The van der Waals surface area contributed by atoms with Crippen molar-refractivity contribution in [3.8, 4) is 0 Å². The molecule has 0 aliphatic carbocycles. The van der Waals surface area contributed by atoms with Gasteiger partial charge in [-0.15, -0.1) is 0 Å². The molecule has 0 amide bonds. The molecule has 2 N–H and O–H groups in total. The number of nitrogens with two attached hydrogens (primary N) is 1. The SMILES string of the molecule is CC(C)n1ccnc1Cn1ccnc1N. The lowest BCUT2D eigenvalue weighted by molar-refractivity contribution is 0.555. The molecule has 2 heterocycles. The van der Waals surface area contributed by atoms with Crippen LogP contribution in [0.5, 0.6) is 0 Å². The number of anilines is 1. The summed E-state index contributed by atoms with van der Waals surface area (Å²) in [6.07, 6.45) is 7.34. The first-order chi connectivity index (χ1) is 7.18. The van der Waals surface area contributed by atoms with Gasteiger partial charge in [-0.25, -0.2) is 9.97 Å². The molecule has 2 aromatic heterocycles. The van der Waals surface area contributed by atoms with Gasteiger partial charge in [0.05, 0.1) is 6.54 Å². The van der Waals surface area contributed by atoms with Gasteiger partial charge in [-0.2, -0.15) is 0 Å². The summed E-state index contributed by atoms with van der Waals surface area (Å²) in [4.78, 5) is 8.29. The Labute approximate surface area is 88.6 Å². The van der Waals surface area contributed by atoms with E-state index in [2.05, 4.69) is 28.4 Å². The van der Waals surface area contributed by atoms with Crippen molar-refractivity contribution in [1.82, 2.24) is 19.1 Å². The average Bonchev–Trinajstić information content (AvgIpc) is 2.77. The van der Waals surface area contributed by atoms with Gasteiger partial charge in [0.25, 0.3) is 0 Å². The van der Waals surface area contributed by atoms with Gasteiger partial charge in [-0.05, 0) is 13.8 Å². The van der Waals surface area contributed by atoms with Crippen LogP contribution in [0.2, 0.25) is 0 Å². The van der Waals surface area contributed by atoms with E-state index in [1.54, 1.807) is 6.20 Å². The van der Waals surface area contributed by atoms with Crippen molar-refractivity contribution in [2.75, 3.05) is 5.73 Å². The Balaban J connectivity index is 2.25. The Morgan fingerprint density at radius 1 is 1.27 bits per heavy atom. The lowest BCUT2D eigenvalue weighted by atomic mass is 10.4. The van der Waals surface area contributed by atoms with Crippen molar-refractivity contribution in [2.24, 2.45) is 0 Å². The number of imidazole rings is 2. The zero-order chi connectivity index (χ0) is 10.8. The van der Waals surface area contributed by atoms with E-state index in [0.29, 0.717) is 18.5 Å². The van der Waals surface area contributed by atoms with E-state index in [-0.39, 0.29) is 0 Å². The molecule has 0 aliphatic rings. The summed E-state index contributed by atoms with van der Waals surface area (Å²) in [5.74, 6) is 1.52. The normalized spacial score (nSPS) is 11.1. The standard InChI is InChI=1S/C10H15N5/c1-8(2)15-6-4-12-9(15)7-14-5-3-13-10(14)11/h3-6,8H,7H2,1-2H3,(H2,11,13). The van der Waals surface area contributed by atoms with Crippen LogP contribution in [0, 0.1) is 0 Å². The van der Waals surface area contributed by atoms with E-state index < -0.39 is 0 Å². The minimum absolute atomic E-state index is 0.409. The van der Waals surface area contributed by atoms with Crippen molar-refractivity contribution < 1.29 is 0 Å². The van der Waals surface area contributed by atoms with E-state index >= 15 is 0 Å². The highest BCUT2D eigenvalue weighted by Gasteiger charge is 2.07. The predicted octanol–water partition coefficient (Wildman–Crippen LogP) is 1.29. The van der Waals surface area contributed by atoms with Gasteiger partial charge < -0.3 is 14.9 Å². The maximum absolute atomic E-state index is 5.70. The van der Waals surface area contributed by atoms with Crippen LogP contribution in [-0.2, 0) is 6.54 Å². The van der Waals surface area contributed by atoms with Gasteiger partial charge in [-0.1, -0.05) is 0 Å². The van der Waals surface area contributed by atoms with Crippen LogP contribution < -0.4 is 5.73 Å². The second-order valence-electron chi connectivity index (χ2n) is 3.76. The summed E-state index contributed by atoms with van der Waals surface area (Å²) in [5, 5.41) is 0. The number of hydrogen-bond donors (Lipinski definition) is 1. The third-order valence-corrected chi connectivity index (χ3v) is 2.36. The molecule has 15 heavy (non-hydrogen) atoms. The van der Waals surface area contributed by atoms with Crippen LogP contribution in [0.3, 0.4) is 0 Å². The van der Waals surface area contributed by atoms with Crippen LogP contribution in [0.25, 0.3) is 0 Å². The molecule has 0 fully saturated rings. The quantitative estimate of drug-likeness (QED) is 0.821. The molecule has 0 radical (unpaired) electrons. The van der Waals surface area contributed by atoms with Gasteiger partial charge >= 0.3 is 0 Å². The largest absolute Gasteiger partial charge is 0.369 e. The molecular formula is C10H15N5. The number of nitrogen functional groups attached to an aromatic ring is 1. The Kier molecular flexibility index (Phi) is 2.45. The van der Waals surface area contributed by atoms with Crippen LogP contribution in [-0.4, -0.2) is 19.1 Å². The third-order valence-electron chi connectivity index (χ3n) is 2.36. The van der Waals surface area contributed by atoms with Gasteiger partial charge in [0.15, 0.2) is 0 Å². The van der Waals surface area contributed by atoms with Crippen LogP contribution in [0.1, 0.15) is 25.7 Å². The van der Waals surface area contributed by atoms with Crippen molar-refractivity contribution >= 4 is 5.95 Å². The van der Waals surface area contributed by atoms with Crippen LogP contribution >= 0.6 is 0 Å². The second-order valence-corrected chi connectivity index (χ2v) is 3.76. The average molecular weight is 205 g/mol. The monoisotopic (exact) mass is 205 g/mol. The Morgan fingerprint density at radius 2 is 2.00 bits per heavy atom. The Morgan fingerprint density at radius 3 is 2.60 bits per heavy atom. The maximum atomic E-state index is 5.70. The molecule has 0 unspecified atom stereocenters. The minimum Gasteiger partial charge on any atom is -0.369 e. The molecular weight excluding hydrogens is 190 g/mol. The van der Waals surface area contributed by atoms with Crippen molar-refractivity contribution in [3.05, 3.63) is 30.6 Å². The van der Waals surface area contributed by atoms with Gasteiger partial charge in [0, 0.05) is 30.8 Å². The summed E-state index contributed by atoms with van der Waals surface area (Å²) < 4.78 is 4.00. The summed E-state index contributed by atoms with van der Waals surface area (Å²) in [6.45, 7) is 4.92. The summed E-state index contributed by atoms with van der Waals surface area (Å²) in [5.41, 5.74) is 5.70. The molecule has 0 saturated heterocycles. The van der Waals surface area contributed by atoms with Crippen molar-refractivity contribution in [3.63, 3.8) is 0 Å². The molecule has 5 heteroatoms. The highest BCUT2D eigenvalue weighted by molar-refractivity contribution is 5.18. The number of nitrogens with zero attached hydrogens (tertiary/aromatic N) is 4. The molecule has 2 aromatic rings. The molecule has 0 saturated carbocycles. The molecule has 0 atom stereocenters. The zero-order valence-electron chi connectivity index (χ0n) is 8.96. The fourth-order valence-electron chi connectivity index (χ4n) is 1.56. The minimum atomic E-state index is 0.409. The summed E-state index contributed by atoms with van der Waals surface area (Å²) in [7, 11) is 0. The highest BCUT2D eigenvalue weighted by Crippen LogP contribution is 2.10. The lowest BCUT2D eigenvalue weighted by Crippen LogP contribution is -2.11. The zero-order valence-corrected chi connectivity index (χ0v) is 8.96. The van der Waals surface area contributed by atoms with Crippen LogP contribution in [0.4, 0.5) is 5.95 Å². The number of hydrogen-bond acceptors (Lipinski definition) is 3. The molecule has 5 nitrogen and oxygen atoms in total. The first-order valence-corrected chi connectivity index (χ1v) is 4.97. The molecule has 0 bridgehead atoms. The molecule has 0 spiro atoms. The van der Waals surface area contributed by atoms with E-state index in [4.69, 9.17) is 5.73 Å². The summed E-state index contributed by atoms with van der Waals surface area (Å²) in [6, 6.07) is 0.409. The molecule has 2 rings (SSSR count). The Hall–Kier alpha value is -1.78. The fraction of sp³-hybridized carbons (Fsp3) is 0.400. The van der Waals surface area contributed by atoms with E-state index in [9.17, 15) is 0 Å². The number of rotatable bonds is 3. The fourth-order valence-corrected chi connectivity index (χ4v) is 1.56. The predicted molar refractivity (Wildman–Crippen MR) is 58.4 cm³/mol. The van der Waals surface area contributed by atoms with E-state index in [1.165, 1.54) is 0 Å². The number of aromatic nitrogens is 4. The van der Waals surface area contributed by atoms with E-state index in [0.717, 1.165) is 5.82 Å². The van der Waals surface area contributed by atoms with Gasteiger partial charge in [-0.3, -0.25) is 0 Å². The van der Waals surface area contributed by atoms with E-state index in [1.807, 2.05) is 23.2 Å².